The molecule has 0 saturated heterocycles. The van der Waals surface area contributed by atoms with Crippen molar-refractivity contribution in [1.29, 1.82) is 0 Å². The Labute approximate surface area is 214 Å². The maximum absolute atomic E-state index is 13.5. The molecule has 3 aromatic carbocycles. The summed E-state index contributed by atoms with van der Waals surface area (Å²) in [6, 6.07) is 22.6. The Bertz CT molecular complexity index is 1170. The van der Waals surface area contributed by atoms with E-state index < -0.39 is 11.0 Å². The minimum Gasteiger partial charge on any atom is -0.497 e. The fourth-order valence-corrected chi connectivity index (χ4v) is 4.61. The molecule has 1 N–H and O–H groups in total. The Hall–Kier alpha value is -3.85. The maximum atomic E-state index is 13.5. The molecule has 0 bridgehead atoms. The van der Waals surface area contributed by atoms with Gasteiger partial charge >= 0.3 is 0 Å². The highest BCUT2D eigenvalue weighted by Crippen LogP contribution is 2.21. The number of nitrogens with one attached hydrogen (secondary N) is 1. The maximum Gasteiger partial charge on any atom is 0.269 e. The van der Waals surface area contributed by atoms with E-state index in [2.05, 4.69) is 5.32 Å². The fraction of sp³-hybridized carbons (Fsp3) is 0.259. The molecule has 0 heterocycles. The van der Waals surface area contributed by atoms with Gasteiger partial charge in [0.2, 0.25) is 11.8 Å². The van der Waals surface area contributed by atoms with Crippen molar-refractivity contribution in [2.24, 2.45) is 0 Å². The second-order valence-corrected chi connectivity index (χ2v) is 9.09. The molecule has 0 spiro atoms. The third kappa shape index (κ3) is 7.58. The molecule has 0 aliphatic rings. The van der Waals surface area contributed by atoms with Crippen molar-refractivity contribution in [2.45, 2.75) is 24.8 Å². The van der Waals surface area contributed by atoms with Crippen molar-refractivity contribution in [1.82, 2.24) is 10.2 Å². The number of nitrogens with zero attached hydrogens (tertiary/aromatic N) is 2. The summed E-state index contributed by atoms with van der Waals surface area (Å²) in [4.78, 5) is 38.5. The lowest BCUT2D eigenvalue weighted by Crippen LogP contribution is -2.50. The highest BCUT2D eigenvalue weighted by atomic mass is 32.2. The zero-order valence-electron chi connectivity index (χ0n) is 20.3. The normalized spacial score (nSPS) is 11.4. The van der Waals surface area contributed by atoms with E-state index in [9.17, 15) is 19.7 Å². The summed E-state index contributed by atoms with van der Waals surface area (Å²) < 4.78 is 5.33. The summed E-state index contributed by atoms with van der Waals surface area (Å²) in [6.45, 7) is 0.249. The minimum absolute atomic E-state index is 0.0265. The van der Waals surface area contributed by atoms with E-state index in [1.54, 1.807) is 31.2 Å². The Morgan fingerprint density at radius 1 is 1.00 bits per heavy atom. The number of nitro benzene ring substituents is 1. The molecule has 0 radical (unpaired) electrons. The van der Waals surface area contributed by atoms with E-state index in [0.717, 1.165) is 16.7 Å². The molecular formula is C27H29N3O5S. The van der Waals surface area contributed by atoms with E-state index in [4.69, 9.17) is 4.74 Å². The van der Waals surface area contributed by atoms with Crippen LogP contribution < -0.4 is 10.1 Å². The molecule has 9 heteroatoms. The zero-order valence-corrected chi connectivity index (χ0v) is 21.1. The standard InChI is InChI=1S/C27H29N3O5S/c1-28-27(32)25(16-20-7-4-3-5-8-20)29(17-22-9-6-10-24(15-22)35-2)26(31)19-36-18-21-11-13-23(14-12-21)30(33)34/h3-15,25H,16-19H2,1-2H3,(H,28,32)/t25-/m0/s1. The number of carbonyl (C=O) groups excluding carboxylic acids is 2. The van der Waals surface area contributed by atoms with Crippen molar-refractivity contribution >= 4 is 29.3 Å². The monoisotopic (exact) mass is 507 g/mol. The number of benzene rings is 3. The highest BCUT2D eigenvalue weighted by Gasteiger charge is 2.29. The van der Waals surface area contributed by atoms with Gasteiger partial charge in [-0.15, -0.1) is 11.8 Å². The van der Waals surface area contributed by atoms with Crippen LogP contribution in [-0.4, -0.2) is 47.6 Å². The van der Waals surface area contributed by atoms with Crippen molar-refractivity contribution in [3.63, 3.8) is 0 Å². The Morgan fingerprint density at radius 3 is 2.33 bits per heavy atom. The van der Waals surface area contributed by atoms with Gasteiger partial charge in [-0.1, -0.05) is 54.6 Å². The topological polar surface area (TPSA) is 102 Å². The third-order valence-corrected chi connectivity index (χ3v) is 6.63. The number of hydrogen-bond donors (Lipinski definition) is 1. The number of likely N-dealkylation sites (N-methyl/N-ethyl adjacent to an activating group) is 1. The molecule has 0 unspecified atom stereocenters. The van der Waals surface area contributed by atoms with Gasteiger partial charge in [0.1, 0.15) is 11.8 Å². The van der Waals surface area contributed by atoms with Crippen LogP contribution in [0.1, 0.15) is 16.7 Å². The fourth-order valence-electron chi connectivity index (χ4n) is 3.74. The van der Waals surface area contributed by atoms with Crippen molar-refractivity contribution in [2.75, 3.05) is 19.9 Å². The number of non-ortho nitro benzene ring substituents is 1. The molecule has 188 valence electrons. The van der Waals surface area contributed by atoms with Gasteiger partial charge in [-0.25, -0.2) is 0 Å². The molecule has 0 saturated carbocycles. The number of thioether (sulfide) groups is 1. The molecule has 0 aliphatic heterocycles. The lowest BCUT2D eigenvalue weighted by atomic mass is 10.0. The van der Waals surface area contributed by atoms with E-state index in [-0.39, 0.29) is 29.8 Å². The van der Waals surface area contributed by atoms with Gasteiger partial charge in [-0.05, 0) is 28.8 Å². The molecule has 8 nitrogen and oxygen atoms in total. The number of nitro groups is 1. The SMILES string of the molecule is CNC(=O)[C@H](Cc1ccccc1)N(Cc1cccc(OC)c1)C(=O)CSCc1ccc([N+](=O)[O-])cc1. The van der Waals surface area contributed by atoms with Crippen molar-refractivity contribution < 1.29 is 19.2 Å². The number of amides is 2. The minimum atomic E-state index is -0.698. The summed E-state index contributed by atoms with van der Waals surface area (Å²) in [7, 11) is 3.15. The van der Waals surface area contributed by atoms with E-state index in [0.29, 0.717) is 17.9 Å². The van der Waals surface area contributed by atoms with E-state index in [1.807, 2.05) is 54.6 Å². The summed E-state index contributed by atoms with van der Waals surface area (Å²) in [5.41, 5.74) is 2.71. The number of ether oxygens (including phenoxy) is 1. The van der Waals surface area contributed by atoms with Gasteiger partial charge in [0.15, 0.2) is 0 Å². The average molecular weight is 508 g/mol. The molecular weight excluding hydrogens is 478 g/mol. The van der Waals surface area contributed by atoms with Crippen LogP contribution in [0.3, 0.4) is 0 Å². The van der Waals surface area contributed by atoms with Crippen LogP contribution in [0.25, 0.3) is 0 Å². The van der Waals surface area contributed by atoms with Crippen LogP contribution >= 0.6 is 11.8 Å². The Morgan fingerprint density at radius 2 is 1.69 bits per heavy atom. The first kappa shape index (κ1) is 26.7. The van der Waals surface area contributed by atoms with Gasteiger partial charge in [-0.3, -0.25) is 19.7 Å². The number of hydrogen-bond acceptors (Lipinski definition) is 6. The van der Waals surface area contributed by atoms with Gasteiger partial charge in [0.05, 0.1) is 17.8 Å². The molecule has 3 rings (SSSR count). The number of methoxy groups -OCH3 is 1. The largest absolute Gasteiger partial charge is 0.497 e. The molecule has 0 aromatic heterocycles. The van der Waals surface area contributed by atoms with Gasteiger partial charge in [0, 0.05) is 37.9 Å². The smallest absolute Gasteiger partial charge is 0.269 e. The predicted octanol–water partition coefficient (Wildman–Crippen LogP) is 4.22. The summed E-state index contributed by atoms with van der Waals surface area (Å²) in [5.74, 6) is 0.931. The van der Waals surface area contributed by atoms with Crippen LogP contribution in [0.2, 0.25) is 0 Å². The summed E-state index contributed by atoms with van der Waals surface area (Å²) in [6.07, 6.45) is 0.378. The first-order chi connectivity index (χ1) is 17.4. The first-order valence-corrected chi connectivity index (χ1v) is 12.6. The highest BCUT2D eigenvalue weighted by molar-refractivity contribution is 7.99. The van der Waals surface area contributed by atoms with Crippen LogP contribution in [0.15, 0.2) is 78.9 Å². The molecule has 0 aliphatic carbocycles. The molecule has 2 amide bonds. The number of rotatable bonds is 12. The predicted molar refractivity (Wildman–Crippen MR) is 141 cm³/mol. The lowest BCUT2D eigenvalue weighted by Gasteiger charge is -2.31. The first-order valence-electron chi connectivity index (χ1n) is 11.4. The van der Waals surface area contributed by atoms with Crippen LogP contribution in [0.4, 0.5) is 5.69 Å². The van der Waals surface area contributed by atoms with Gasteiger partial charge in [-0.2, -0.15) is 0 Å². The second kappa shape index (κ2) is 13.3. The molecule has 1 atom stereocenters. The van der Waals surface area contributed by atoms with E-state index >= 15 is 0 Å². The molecule has 36 heavy (non-hydrogen) atoms. The van der Waals surface area contributed by atoms with Gasteiger partial charge in [0.25, 0.3) is 5.69 Å². The Kier molecular flexibility index (Phi) is 9.88. The Balaban J connectivity index is 1.79. The summed E-state index contributed by atoms with van der Waals surface area (Å²) in [5, 5.41) is 13.6. The summed E-state index contributed by atoms with van der Waals surface area (Å²) >= 11 is 1.40. The van der Waals surface area contributed by atoms with Crippen LogP contribution in [-0.2, 0) is 28.3 Å². The van der Waals surface area contributed by atoms with Crippen LogP contribution in [0, 0.1) is 10.1 Å². The zero-order chi connectivity index (χ0) is 25.9. The number of carbonyl (C=O) groups is 2. The molecule has 3 aromatic rings. The average Bonchev–Trinajstić information content (AvgIpc) is 2.91. The lowest BCUT2D eigenvalue weighted by molar-refractivity contribution is -0.384. The van der Waals surface area contributed by atoms with Crippen LogP contribution in [0.5, 0.6) is 5.75 Å². The quantitative estimate of drug-likeness (QED) is 0.291. The van der Waals surface area contributed by atoms with Gasteiger partial charge < -0.3 is 15.0 Å². The van der Waals surface area contributed by atoms with E-state index in [1.165, 1.54) is 23.9 Å². The third-order valence-electron chi connectivity index (χ3n) is 5.65. The van der Waals surface area contributed by atoms with Crippen molar-refractivity contribution in [3.05, 3.63) is 106 Å². The molecule has 0 fully saturated rings. The second-order valence-electron chi connectivity index (χ2n) is 8.11. The van der Waals surface area contributed by atoms with Crippen molar-refractivity contribution in [3.8, 4) is 5.75 Å².